The molecule has 0 unspecified atom stereocenters. The Morgan fingerprint density at radius 2 is 2.28 bits per heavy atom. The van der Waals surface area contributed by atoms with Gasteiger partial charge in [0.1, 0.15) is 5.82 Å². The maximum atomic E-state index is 14.1. The lowest BCUT2D eigenvalue weighted by Gasteiger charge is -2.35. The summed E-state index contributed by atoms with van der Waals surface area (Å²) in [4.78, 5) is 18.3. The van der Waals surface area contributed by atoms with Crippen molar-refractivity contribution in [1.29, 1.82) is 0 Å². The van der Waals surface area contributed by atoms with Gasteiger partial charge in [-0.05, 0) is 55.5 Å². The van der Waals surface area contributed by atoms with Gasteiger partial charge in [0.05, 0.1) is 5.69 Å². The summed E-state index contributed by atoms with van der Waals surface area (Å²) >= 11 is 0. The van der Waals surface area contributed by atoms with Crippen LogP contribution in [0.5, 0.6) is 0 Å². The lowest BCUT2D eigenvalue weighted by Crippen LogP contribution is -2.48. The van der Waals surface area contributed by atoms with Crippen LogP contribution in [0.1, 0.15) is 30.4 Å². The smallest absolute Gasteiger partial charge is 0.220 e. The number of carbonyl (C=O) groups excluding carboxylic acids is 1. The highest BCUT2D eigenvalue weighted by Gasteiger charge is 2.23. The summed E-state index contributed by atoms with van der Waals surface area (Å²) in [5.74, 6) is -0.158. The third-order valence-corrected chi connectivity index (χ3v) is 4.59. The molecule has 0 bridgehead atoms. The first kappa shape index (κ1) is 17.4. The predicted octanol–water partition coefficient (Wildman–Crippen LogP) is 3.25. The zero-order valence-corrected chi connectivity index (χ0v) is 14.5. The maximum absolute atomic E-state index is 14.1. The van der Waals surface area contributed by atoms with Crippen LogP contribution in [0.25, 0.3) is 0 Å². The molecule has 1 N–H and O–H groups in total. The predicted molar refractivity (Wildman–Crippen MR) is 97.1 cm³/mol. The van der Waals surface area contributed by atoms with Gasteiger partial charge < -0.3 is 10.2 Å². The Kier molecular flexibility index (Phi) is 5.64. The average molecular weight is 341 g/mol. The van der Waals surface area contributed by atoms with E-state index < -0.39 is 0 Å². The molecule has 0 spiro atoms. The fraction of sp³-hybridized carbons (Fsp3) is 0.400. The van der Waals surface area contributed by atoms with Crippen molar-refractivity contribution < 1.29 is 9.18 Å². The number of aromatic nitrogens is 1. The summed E-state index contributed by atoms with van der Waals surface area (Å²) in [5.41, 5.74) is 2.73. The number of nitrogens with zero attached hydrogens (tertiary/aromatic N) is 2. The largest absolute Gasteiger partial charge is 0.367 e. The van der Waals surface area contributed by atoms with Gasteiger partial charge >= 0.3 is 0 Å². The van der Waals surface area contributed by atoms with Crippen molar-refractivity contribution in [1.82, 2.24) is 10.3 Å². The Morgan fingerprint density at radius 3 is 3.08 bits per heavy atom. The van der Waals surface area contributed by atoms with E-state index in [0.29, 0.717) is 25.1 Å². The Hall–Kier alpha value is -2.43. The van der Waals surface area contributed by atoms with Crippen molar-refractivity contribution in [2.45, 2.75) is 38.6 Å². The number of anilines is 1. The molecule has 0 saturated carbocycles. The van der Waals surface area contributed by atoms with Crippen molar-refractivity contribution in [2.75, 3.05) is 18.0 Å². The number of nitrogens with one attached hydrogen (secondary N) is 1. The number of rotatable bonds is 5. The molecule has 1 amide bonds. The maximum Gasteiger partial charge on any atom is 0.220 e. The van der Waals surface area contributed by atoms with E-state index in [9.17, 15) is 9.18 Å². The van der Waals surface area contributed by atoms with Crippen molar-refractivity contribution in [3.63, 3.8) is 0 Å². The molecule has 5 heteroatoms. The Balaban J connectivity index is 1.54. The highest BCUT2D eigenvalue weighted by Crippen LogP contribution is 2.24. The van der Waals surface area contributed by atoms with E-state index in [2.05, 4.69) is 10.3 Å². The van der Waals surface area contributed by atoms with Crippen LogP contribution in [-0.4, -0.2) is 30.0 Å². The van der Waals surface area contributed by atoms with E-state index in [0.717, 1.165) is 30.5 Å². The van der Waals surface area contributed by atoms with E-state index in [-0.39, 0.29) is 17.8 Å². The lowest BCUT2D eigenvalue weighted by molar-refractivity contribution is -0.121. The molecule has 2 aromatic rings. The monoisotopic (exact) mass is 341 g/mol. The van der Waals surface area contributed by atoms with Gasteiger partial charge in [0.15, 0.2) is 0 Å². The number of carbonyl (C=O) groups is 1. The molecular weight excluding hydrogens is 317 g/mol. The molecule has 1 fully saturated rings. The van der Waals surface area contributed by atoms with Gasteiger partial charge in [-0.2, -0.15) is 0 Å². The van der Waals surface area contributed by atoms with Gasteiger partial charge in [-0.3, -0.25) is 9.78 Å². The highest BCUT2D eigenvalue weighted by atomic mass is 19.1. The molecular formula is C20H24FN3O. The summed E-state index contributed by atoms with van der Waals surface area (Å²) in [7, 11) is 0. The lowest BCUT2D eigenvalue weighted by atomic mass is 10.0. The minimum Gasteiger partial charge on any atom is -0.367 e. The molecule has 132 valence electrons. The van der Waals surface area contributed by atoms with E-state index >= 15 is 0 Å². The van der Waals surface area contributed by atoms with Crippen LogP contribution in [0.3, 0.4) is 0 Å². The molecule has 2 heterocycles. The van der Waals surface area contributed by atoms with Crippen LogP contribution in [0.2, 0.25) is 0 Å². The molecule has 25 heavy (non-hydrogen) atoms. The van der Waals surface area contributed by atoms with E-state index in [1.165, 1.54) is 6.07 Å². The van der Waals surface area contributed by atoms with Crippen molar-refractivity contribution >= 4 is 11.6 Å². The number of hydrogen-bond acceptors (Lipinski definition) is 3. The first-order chi connectivity index (χ1) is 12.1. The van der Waals surface area contributed by atoms with E-state index in [1.54, 1.807) is 18.5 Å². The van der Waals surface area contributed by atoms with Crippen molar-refractivity contribution in [2.24, 2.45) is 0 Å². The van der Waals surface area contributed by atoms with Gasteiger partial charge in [0.2, 0.25) is 5.91 Å². The van der Waals surface area contributed by atoms with Crippen LogP contribution < -0.4 is 10.2 Å². The summed E-state index contributed by atoms with van der Waals surface area (Å²) < 4.78 is 14.1. The van der Waals surface area contributed by atoms with Crippen molar-refractivity contribution in [3.8, 4) is 0 Å². The second-order valence-electron chi connectivity index (χ2n) is 6.67. The molecule has 1 saturated heterocycles. The first-order valence-corrected chi connectivity index (χ1v) is 8.81. The van der Waals surface area contributed by atoms with Gasteiger partial charge in [0, 0.05) is 37.9 Å². The fourth-order valence-electron chi connectivity index (χ4n) is 3.28. The molecule has 3 rings (SSSR count). The van der Waals surface area contributed by atoms with E-state index in [1.807, 2.05) is 30.0 Å². The zero-order valence-electron chi connectivity index (χ0n) is 14.5. The molecule has 1 atom stereocenters. The quantitative estimate of drug-likeness (QED) is 0.908. The third kappa shape index (κ3) is 4.78. The van der Waals surface area contributed by atoms with Gasteiger partial charge in [-0.25, -0.2) is 4.39 Å². The van der Waals surface area contributed by atoms with Crippen LogP contribution in [0.15, 0.2) is 42.7 Å². The summed E-state index contributed by atoms with van der Waals surface area (Å²) in [6.45, 7) is 3.44. The minimum absolute atomic E-state index is 0.0421. The number of pyridine rings is 1. The van der Waals surface area contributed by atoms with E-state index in [4.69, 9.17) is 0 Å². The molecule has 1 aromatic carbocycles. The second-order valence-corrected chi connectivity index (χ2v) is 6.67. The molecule has 1 aromatic heterocycles. The fourth-order valence-corrected chi connectivity index (χ4v) is 3.28. The average Bonchev–Trinajstić information content (AvgIpc) is 2.63. The highest BCUT2D eigenvalue weighted by molar-refractivity contribution is 5.76. The molecule has 0 aliphatic carbocycles. The molecule has 1 aliphatic heterocycles. The van der Waals surface area contributed by atoms with Crippen LogP contribution in [-0.2, 0) is 11.2 Å². The number of amides is 1. The summed E-state index contributed by atoms with van der Waals surface area (Å²) in [6.07, 6.45) is 6.52. The van der Waals surface area contributed by atoms with Crippen LogP contribution >= 0.6 is 0 Å². The number of hydrogen-bond donors (Lipinski definition) is 1. The minimum atomic E-state index is -0.200. The number of halogens is 1. The van der Waals surface area contributed by atoms with Gasteiger partial charge in [-0.15, -0.1) is 0 Å². The SMILES string of the molecule is Cc1ccc(F)c(N2CCC[C@@H](NC(=O)CCc3cccnc3)C2)c1. The molecule has 0 radical (unpaired) electrons. The Bertz CT molecular complexity index is 720. The first-order valence-electron chi connectivity index (χ1n) is 8.81. The molecule has 4 nitrogen and oxygen atoms in total. The Labute approximate surface area is 148 Å². The topological polar surface area (TPSA) is 45.2 Å². The van der Waals surface area contributed by atoms with Gasteiger partial charge in [-0.1, -0.05) is 12.1 Å². The third-order valence-electron chi connectivity index (χ3n) is 4.59. The van der Waals surface area contributed by atoms with Crippen molar-refractivity contribution in [3.05, 3.63) is 59.7 Å². The number of piperidine rings is 1. The normalized spacial score (nSPS) is 17.4. The second kappa shape index (κ2) is 8.10. The number of aryl methyl sites for hydroxylation is 2. The summed E-state index contributed by atoms with van der Waals surface area (Å²) in [6, 6.07) is 9.09. The zero-order chi connectivity index (χ0) is 17.6. The Morgan fingerprint density at radius 1 is 1.40 bits per heavy atom. The standard InChI is InChI=1S/C20H24FN3O/c1-15-6-8-18(21)19(12-15)24-11-3-5-17(14-24)23-20(25)9-7-16-4-2-10-22-13-16/h2,4,6,8,10,12-13,17H,3,5,7,9,11,14H2,1H3,(H,23,25)/t17-/m1/s1. The number of benzene rings is 1. The van der Waals surface area contributed by atoms with Crippen LogP contribution in [0.4, 0.5) is 10.1 Å². The summed E-state index contributed by atoms with van der Waals surface area (Å²) in [5, 5.41) is 3.10. The molecule has 1 aliphatic rings. The van der Waals surface area contributed by atoms with Gasteiger partial charge in [0.25, 0.3) is 0 Å². The van der Waals surface area contributed by atoms with Crippen LogP contribution in [0, 0.1) is 12.7 Å².